The minimum Gasteiger partial charge on any atom is -0.387 e. The molecule has 33 heavy (non-hydrogen) atoms. The Balaban J connectivity index is 0.00000128. The molecule has 1 aliphatic carbocycles. The molecule has 184 valence electrons. The Morgan fingerprint density at radius 1 is 1.18 bits per heavy atom. The van der Waals surface area contributed by atoms with Crippen LogP contribution in [-0.4, -0.2) is 40.8 Å². The molecule has 1 aromatic heterocycles. The zero-order chi connectivity index (χ0) is 20.9. The van der Waals surface area contributed by atoms with Crippen molar-refractivity contribution in [2.45, 2.75) is 70.1 Å². The van der Waals surface area contributed by atoms with Crippen LogP contribution < -0.4 is 15.5 Å². The average molecular weight is 517 g/mol. The summed E-state index contributed by atoms with van der Waals surface area (Å²) >= 11 is 0. The van der Waals surface area contributed by atoms with E-state index in [2.05, 4.69) is 59.5 Å². The smallest absolute Gasteiger partial charge is 0.140 e. The summed E-state index contributed by atoms with van der Waals surface area (Å²) in [4.78, 5) is 11.6. The van der Waals surface area contributed by atoms with Crippen LogP contribution in [0.5, 0.6) is 0 Å². The van der Waals surface area contributed by atoms with Crippen molar-refractivity contribution in [3.05, 3.63) is 46.9 Å². The van der Waals surface area contributed by atoms with Gasteiger partial charge in [-0.15, -0.1) is 37.2 Å². The highest BCUT2D eigenvalue weighted by Crippen LogP contribution is 2.52. The van der Waals surface area contributed by atoms with Gasteiger partial charge in [0.05, 0.1) is 11.8 Å². The molecule has 2 aromatic rings. The van der Waals surface area contributed by atoms with Crippen LogP contribution in [0, 0.1) is 0 Å². The van der Waals surface area contributed by atoms with Crippen LogP contribution in [0.3, 0.4) is 0 Å². The van der Waals surface area contributed by atoms with Crippen molar-refractivity contribution in [1.82, 2.24) is 20.6 Å². The first kappa shape index (κ1) is 28.1. The lowest BCUT2D eigenvalue weighted by Crippen LogP contribution is -2.43. The molecule has 0 saturated carbocycles. The number of piperidine rings is 1. The molecule has 5 rings (SSSR count). The van der Waals surface area contributed by atoms with Crippen LogP contribution in [0.4, 0.5) is 11.5 Å². The maximum Gasteiger partial charge on any atom is 0.140 e. The van der Waals surface area contributed by atoms with Gasteiger partial charge in [0.15, 0.2) is 0 Å². The summed E-state index contributed by atoms with van der Waals surface area (Å²) in [6.45, 7) is 10.5. The zero-order valence-corrected chi connectivity index (χ0v) is 22.0. The second kappa shape index (κ2) is 11.1. The van der Waals surface area contributed by atoms with E-state index in [-0.39, 0.29) is 48.6 Å². The minimum atomic E-state index is -0.478. The molecule has 2 aliphatic heterocycles. The van der Waals surface area contributed by atoms with E-state index in [0.29, 0.717) is 6.04 Å². The standard InChI is InChI=1S/C24H33N5O.3ClH/c1-15(2)26-12-17-5-4-6-18-21(17)24(7-9-25-10-8-24)13-29(18)23-20-16(3)11-19(30)22(20)27-14-28-23;;;/h4-6,14-16,19,25-26,30H,7-13H2,1-3H3;3*1H/t16-,19-;;;/m1.../s1. The molecule has 3 aliphatic rings. The van der Waals surface area contributed by atoms with E-state index in [1.807, 2.05) is 0 Å². The van der Waals surface area contributed by atoms with Gasteiger partial charge >= 0.3 is 0 Å². The lowest BCUT2D eigenvalue weighted by Gasteiger charge is -2.36. The van der Waals surface area contributed by atoms with Crippen molar-refractivity contribution in [2.75, 3.05) is 24.5 Å². The number of nitrogens with zero attached hydrogens (tertiary/aromatic N) is 3. The number of aliphatic hydroxyl groups is 1. The van der Waals surface area contributed by atoms with Crippen molar-refractivity contribution in [3.63, 3.8) is 0 Å². The fourth-order valence-electron chi connectivity index (χ4n) is 5.77. The first-order valence-electron chi connectivity index (χ1n) is 11.4. The zero-order valence-electron chi connectivity index (χ0n) is 19.5. The third kappa shape index (κ3) is 4.84. The highest BCUT2D eigenvalue weighted by Gasteiger charge is 2.46. The average Bonchev–Trinajstić information content (AvgIpc) is 3.22. The van der Waals surface area contributed by atoms with E-state index in [0.717, 1.165) is 62.5 Å². The molecule has 1 saturated heterocycles. The van der Waals surface area contributed by atoms with E-state index in [9.17, 15) is 5.11 Å². The molecule has 1 fully saturated rings. The van der Waals surface area contributed by atoms with Gasteiger partial charge in [0, 0.05) is 35.8 Å². The lowest BCUT2D eigenvalue weighted by atomic mass is 9.73. The number of aromatic nitrogens is 2. The van der Waals surface area contributed by atoms with Crippen LogP contribution in [0.25, 0.3) is 0 Å². The van der Waals surface area contributed by atoms with Crippen molar-refractivity contribution < 1.29 is 5.11 Å². The molecular formula is C24H36Cl3N5O. The Labute approximate surface area is 215 Å². The summed E-state index contributed by atoms with van der Waals surface area (Å²) in [7, 11) is 0. The second-order valence-electron chi connectivity index (χ2n) is 9.61. The lowest BCUT2D eigenvalue weighted by molar-refractivity contribution is 0.170. The van der Waals surface area contributed by atoms with Gasteiger partial charge in [-0.05, 0) is 55.5 Å². The topological polar surface area (TPSA) is 73.3 Å². The number of rotatable bonds is 4. The summed E-state index contributed by atoms with van der Waals surface area (Å²) in [6.07, 6.45) is 4.16. The SMILES string of the molecule is CC(C)NCc1cccc2c1C1(CCNCC1)CN2c1ncnc2c1[C@H](C)C[C@H]2O.Cl.Cl.Cl. The van der Waals surface area contributed by atoms with E-state index >= 15 is 0 Å². The molecule has 2 atom stereocenters. The van der Waals surface area contributed by atoms with Gasteiger partial charge < -0.3 is 20.6 Å². The molecule has 1 spiro atoms. The molecule has 9 heteroatoms. The monoisotopic (exact) mass is 515 g/mol. The molecule has 1 aromatic carbocycles. The third-order valence-corrected chi connectivity index (χ3v) is 7.21. The predicted molar refractivity (Wildman–Crippen MR) is 141 cm³/mol. The molecule has 3 N–H and O–H groups in total. The summed E-state index contributed by atoms with van der Waals surface area (Å²) < 4.78 is 0. The van der Waals surface area contributed by atoms with Crippen LogP contribution in [0.1, 0.15) is 74.4 Å². The largest absolute Gasteiger partial charge is 0.387 e. The van der Waals surface area contributed by atoms with Gasteiger partial charge in [-0.25, -0.2) is 9.97 Å². The van der Waals surface area contributed by atoms with Crippen molar-refractivity contribution in [3.8, 4) is 0 Å². The van der Waals surface area contributed by atoms with Gasteiger partial charge in [-0.2, -0.15) is 0 Å². The normalized spacial score (nSPS) is 22.3. The second-order valence-corrected chi connectivity index (χ2v) is 9.61. The first-order valence-corrected chi connectivity index (χ1v) is 11.4. The van der Waals surface area contributed by atoms with Gasteiger partial charge in [0.1, 0.15) is 12.1 Å². The fraction of sp³-hybridized carbons (Fsp3) is 0.583. The molecule has 0 bridgehead atoms. The summed E-state index contributed by atoms with van der Waals surface area (Å²) in [6, 6.07) is 7.19. The quantitative estimate of drug-likeness (QED) is 0.553. The van der Waals surface area contributed by atoms with E-state index in [1.165, 1.54) is 16.8 Å². The van der Waals surface area contributed by atoms with E-state index < -0.39 is 6.10 Å². The molecule has 0 radical (unpaired) electrons. The maximum absolute atomic E-state index is 10.5. The minimum absolute atomic E-state index is 0. The van der Waals surface area contributed by atoms with Crippen LogP contribution in [0.15, 0.2) is 24.5 Å². The van der Waals surface area contributed by atoms with Crippen molar-refractivity contribution >= 4 is 48.7 Å². The number of aliphatic hydroxyl groups excluding tert-OH is 1. The number of nitrogens with one attached hydrogen (secondary N) is 2. The van der Waals surface area contributed by atoms with Crippen LogP contribution >= 0.6 is 37.2 Å². The van der Waals surface area contributed by atoms with Crippen LogP contribution in [0.2, 0.25) is 0 Å². The Bertz CT molecular complexity index is 952. The number of hydrogen-bond acceptors (Lipinski definition) is 6. The van der Waals surface area contributed by atoms with Gasteiger partial charge in [0.2, 0.25) is 0 Å². The Morgan fingerprint density at radius 2 is 1.91 bits per heavy atom. The Kier molecular flexibility index (Phi) is 9.42. The Hall–Kier alpha value is -1.15. The molecular weight excluding hydrogens is 481 g/mol. The number of benzene rings is 1. The highest BCUT2D eigenvalue weighted by atomic mass is 35.5. The molecule has 3 heterocycles. The van der Waals surface area contributed by atoms with Gasteiger partial charge in [0.25, 0.3) is 0 Å². The molecule has 0 amide bonds. The fourth-order valence-corrected chi connectivity index (χ4v) is 5.77. The number of hydrogen-bond donors (Lipinski definition) is 3. The summed E-state index contributed by atoms with van der Waals surface area (Å²) in [5.41, 5.74) is 6.29. The summed E-state index contributed by atoms with van der Waals surface area (Å²) in [5, 5.41) is 17.7. The number of anilines is 2. The van der Waals surface area contributed by atoms with Gasteiger partial charge in [-0.3, -0.25) is 0 Å². The van der Waals surface area contributed by atoms with Crippen molar-refractivity contribution in [1.29, 1.82) is 0 Å². The first-order chi connectivity index (χ1) is 14.5. The van der Waals surface area contributed by atoms with E-state index in [4.69, 9.17) is 4.98 Å². The summed E-state index contributed by atoms with van der Waals surface area (Å²) in [5.74, 6) is 1.26. The maximum atomic E-state index is 10.5. The highest BCUT2D eigenvalue weighted by molar-refractivity contribution is 5.86. The number of halogens is 3. The van der Waals surface area contributed by atoms with E-state index in [1.54, 1.807) is 6.33 Å². The third-order valence-electron chi connectivity index (χ3n) is 7.21. The van der Waals surface area contributed by atoms with Crippen LogP contribution in [-0.2, 0) is 12.0 Å². The number of fused-ring (bicyclic) bond motifs is 3. The molecule has 6 nitrogen and oxygen atoms in total. The Morgan fingerprint density at radius 3 is 2.61 bits per heavy atom. The predicted octanol–water partition coefficient (Wildman–Crippen LogP) is 4.55. The van der Waals surface area contributed by atoms with Crippen molar-refractivity contribution in [2.24, 2.45) is 0 Å². The van der Waals surface area contributed by atoms with Gasteiger partial charge in [-0.1, -0.05) is 32.9 Å². The molecule has 0 unspecified atom stereocenters.